The molecule has 0 radical (unpaired) electrons. The lowest BCUT2D eigenvalue weighted by molar-refractivity contribution is -0.122. The zero-order valence-electron chi connectivity index (χ0n) is 24.7. The van der Waals surface area contributed by atoms with Gasteiger partial charge in [0, 0.05) is 52.4 Å². The van der Waals surface area contributed by atoms with Crippen LogP contribution in [0.25, 0.3) is 0 Å². The van der Waals surface area contributed by atoms with E-state index in [1.165, 1.54) is 4.90 Å². The molecular weight excluding hydrogens is 682 g/mol. The Balaban J connectivity index is 1.66. The van der Waals surface area contributed by atoms with Crippen molar-refractivity contribution < 1.29 is 18.8 Å². The van der Waals surface area contributed by atoms with E-state index >= 15 is 4.39 Å². The lowest BCUT2D eigenvalue weighted by Gasteiger charge is -2.37. The van der Waals surface area contributed by atoms with Gasteiger partial charge in [-0.3, -0.25) is 14.4 Å². The summed E-state index contributed by atoms with van der Waals surface area (Å²) in [6, 6.07) is 15.6. The van der Waals surface area contributed by atoms with Crippen molar-refractivity contribution in [2.75, 3.05) is 24.7 Å². The molecule has 3 amide bonds. The number of amides is 3. The van der Waals surface area contributed by atoms with Crippen LogP contribution in [0.2, 0.25) is 5.02 Å². The van der Waals surface area contributed by atoms with Gasteiger partial charge >= 0.3 is 0 Å². The first-order valence-corrected chi connectivity index (χ1v) is 16.0. The highest BCUT2D eigenvalue weighted by molar-refractivity contribution is 14.1. The molecule has 1 saturated heterocycles. The summed E-state index contributed by atoms with van der Waals surface area (Å²) in [6.07, 6.45) is 0.539. The SMILES string of the molecule is CN(C)C(=O)c1ccc(NC(=O)[C@@H]2N[C@@H](CC(C)(C)C)[C@@]3(C(=O)Nc4cc(Cl)ccc43)[C@H]2c2cccc(CI)c2F)cc1. The molecule has 0 unspecified atom stereocenters. The molecule has 0 aromatic heterocycles. The summed E-state index contributed by atoms with van der Waals surface area (Å²) in [5.74, 6) is -2.14. The zero-order chi connectivity index (χ0) is 31.3. The second kappa shape index (κ2) is 11.8. The van der Waals surface area contributed by atoms with Crippen molar-refractivity contribution in [1.82, 2.24) is 10.2 Å². The van der Waals surface area contributed by atoms with Crippen molar-refractivity contribution in [3.63, 3.8) is 0 Å². The van der Waals surface area contributed by atoms with Gasteiger partial charge in [-0.05, 0) is 64.9 Å². The van der Waals surface area contributed by atoms with Crippen LogP contribution in [0.1, 0.15) is 60.2 Å². The van der Waals surface area contributed by atoms with Gasteiger partial charge in [0.1, 0.15) is 11.2 Å². The Kier molecular flexibility index (Phi) is 8.63. The summed E-state index contributed by atoms with van der Waals surface area (Å²) >= 11 is 8.45. The van der Waals surface area contributed by atoms with E-state index in [2.05, 4.69) is 59.3 Å². The van der Waals surface area contributed by atoms with Crippen LogP contribution in [0.4, 0.5) is 15.8 Å². The van der Waals surface area contributed by atoms with E-state index in [-0.39, 0.29) is 17.2 Å². The fourth-order valence-electron chi connectivity index (χ4n) is 6.51. The molecule has 3 aromatic carbocycles. The molecule has 4 atom stereocenters. The molecule has 226 valence electrons. The summed E-state index contributed by atoms with van der Waals surface area (Å²) in [4.78, 5) is 42.3. The Hall–Kier alpha value is -3.02. The van der Waals surface area contributed by atoms with Crippen LogP contribution < -0.4 is 16.0 Å². The minimum atomic E-state index is -1.29. The smallest absolute Gasteiger partial charge is 0.253 e. The van der Waals surface area contributed by atoms with Gasteiger partial charge in [-0.15, -0.1) is 0 Å². The van der Waals surface area contributed by atoms with E-state index in [1.54, 1.807) is 68.7 Å². The number of carbonyl (C=O) groups excluding carboxylic acids is 3. The van der Waals surface area contributed by atoms with Gasteiger partial charge in [-0.25, -0.2) is 4.39 Å². The molecule has 0 bridgehead atoms. The molecule has 3 aromatic rings. The van der Waals surface area contributed by atoms with E-state index in [0.717, 1.165) is 0 Å². The number of nitrogens with zero attached hydrogens (tertiary/aromatic N) is 1. The maximum atomic E-state index is 16.3. The monoisotopic (exact) mass is 716 g/mol. The first kappa shape index (κ1) is 31.4. The Morgan fingerprint density at radius 1 is 1.09 bits per heavy atom. The molecule has 5 rings (SSSR count). The van der Waals surface area contributed by atoms with Gasteiger partial charge in [0.15, 0.2) is 0 Å². The average Bonchev–Trinajstić information content (AvgIpc) is 3.42. The summed E-state index contributed by atoms with van der Waals surface area (Å²) < 4.78 is 16.7. The van der Waals surface area contributed by atoms with Crippen LogP contribution >= 0.6 is 34.2 Å². The fraction of sp³-hybridized carbons (Fsp3) is 0.364. The number of alkyl halides is 1. The molecular formula is C33H35ClFIN4O3. The van der Waals surface area contributed by atoms with E-state index < -0.39 is 35.1 Å². The van der Waals surface area contributed by atoms with Gasteiger partial charge in [-0.2, -0.15) is 0 Å². The normalized spacial score (nSPS) is 22.8. The van der Waals surface area contributed by atoms with Gasteiger partial charge in [-0.1, -0.05) is 79.2 Å². The molecule has 0 aliphatic carbocycles. The van der Waals surface area contributed by atoms with Crippen LogP contribution in [0.5, 0.6) is 0 Å². The number of rotatable bonds is 6. The number of nitrogens with one attached hydrogen (secondary N) is 3. The summed E-state index contributed by atoms with van der Waals surface area (Å²) in [5, 5.41) is 9.95. The Bertz CT molecular complexity index is 1590. The third kappa shape index (κ3) is 5.67. The number of halogens is 3. The summed E-state index contributed by atoms with van der Waals surface area (Å²) in [6.45, 7) is 6.23. The lowest BCUT2D eigenvalue weighted by atomic mass is 9.62. The number of hydrogen-bond acceptors (Lipinski definition) is 4. The van der Waals surface area contributed by atoms with Crippen molar-refractivity contribution in [3.8, 4) is 0 Å². The largest absolute Gasteiger partial charge is 0.345 e. The molecule has 0 saturated carbocycles. The van der Waals surface area contributed by atoms with Gasteiger partial charge in [0.05, 0.1) is 6.04 Å². The third-order valence-corrected chi connectivity index (χ3v) is 9.35. The number of carbonyl (C=O) groups is 3. The van der Waals surface area contributed by atoms with Crippen molar-refractivity contribution >= 4 is 63.3 Å². The second-order valence-electron chi connectivity index (χ2n) is 12.7. The zero-order valence-corrected chi connectivity index (χ0v) is 27.6. The minimum absolute atomic E-state index is 0.154. The van der Waals surface area contributed by atoms with Gasteiger partial charge in [0.25, 0.3) is 5.91 Å². The molecule has 7 nitrogen and oxygen atoms in total. The predicted molar refractivity (Wildman–Crippen MR) is 176 cm³/mol. The number of hydrogen-bond donors (Lipinski definition) is 3. The molecule has 2 aliphatic rings. The number of benzene rings is 3. The van der Waals surface area contributed by atoms with Crippen molar-refractivity contribution in [3.05, 3.63) is 93.8 Å². The van der Waals surface area contributed by atoms with Gasteiger partial charge < -0.3 is 20.9 Å². The highest BCUT2D eigenvalue weighted by Crippen LogP contribution is 2.57. The third-order valence-electron chi connectivity index (χ3n) is 8.30. The molecule has 3 N–H and O–H groups in total. The summed E-state index contributed by atoms with van der Waals surface area (Å²) in [7, 11) is 3.34. The quantitative estimate of drug-likeness (QED) is 0.201. The maximum absolute atomic E-state index is 16.3. The lowest BCUT2D eigenvalue weighted by Crippen LogP contribution is -2.49. The number of anilines is 2. The Labute approximate surface area is 270 Å². The predicted octanol–water partition coefficient (Wildman–Crippen LogP) is 6.50. The highest BCUT2D eigenvalue weighted by Gasteiger charge is 2.66. The van der Waals surface area contributed by atoms with Crippen LogP contribution in [-0.2, 0) is 19.4 Å². The van der Waals surface area contributed by atoms with Crippen LogP contribution in [0.3, 0.4) is 0 Å². The minimum Gasteiger partial charge on any atom is -0.345 e. The highest BCUT2D eigenvalue weighted by atomic mass is 127. The second-order valence-corrected chi connectivity index (χ2v) is 13.9. The average molecular weight is 717 g/mol. The van der Waals surface area contributed by atoms with E-state index in [9.17, 15) is 14.4 Å². The molecule has 2 heterocycles. The van der Waals surface area contributed by atoms with E-state index in [4.69, 9.17) is 11.6 Å². The first-order valence-electron chi connectivity index (χ1n) is 14.1. The van der Waals surface area contributed by atoms with Crippen molar-refractivity contribution in [2.45, 2.75) is 55.0 Å². The Morgan fingerprint density at radius 2 is 1.79 bits per heavy atom. The molecule has 1 spiro atoms. The Morgan fingerprint density at radius 3 is 2.42 bits per heavy atom. The summed E-state index contributed by atoms with van der Waals surface area (Å²) in [5.41, 5.74) is 1.52. The molecule has 10 heteroatoms. The fourth-order valence-corrected chi connectivity index (χ4v) is 7.27. The molecule has 1 fully saturated rings. The van der Waals surface area contributed by atoms with E-state index in [0.29, 0.717) is 49.5 Å². The van der Waals surface area contributed by atoms with Crippen molar-refractivity contribution in [2.24, 2.45) is 5.41 Å². The molecule has 2 aliphatic heterocycles. The maximum Gasteiger partial charge on any atom is 0.253 e. The van der Waals surface area contributed by atoms with E-state index in [1.807, 2.05) is 6.07 Å². The topological polar surface area (TPSA) is 90.5 Å². The van der Waals surface area contributed by atoms with Gasteiger partial charge in [0.2, 0.25) is 11.8 Å². The first-order chi connectivity index (χ1) is 20.3. The standard InChI is InChI=1S/C33H35ClFIN4O3/c1-32(2,3)16-25-33(23-14-11-20(34)15-24(23)38-31(33)43)26(22-8-6-7-19(17-36)27(22)35)28(39-25)29(41)37-21-12-9-18(10-13-21)30(42)40(4)5/h6-15,25-26,28,39H,16-17H2,1-5H3,(H,37,41)(H,38,43)/t25-,26-,28+,33+/m0/s1. The van der Waals surface area contributed by atoms with Crippen LogP contribution in [0, 0.1) is 11.2 Å². The number of fused-ring (bicyclic) bond motifs is 2. The van der Waals surface area contributed by atoms with Crippen LogP contribution in [0.15, 0.2) is 60.7 Å². The molecule has 43 heavy (non-hydrogen) atoms. The van der Waals surface area contributed by atoms with Crippen molar-refractivity contribution in [1.29, 1.82) is 0 Å². The van der Waals surface area contributed by atoms with Crippen LogP contribution in [-0.4, -0.2) is 48.8 Å².